The van der Waals surface area contributed by atoms with Gasteiger partial charge < -0.3 is 5.73 Å². The Morgan fingerprint density at radius 1 is 1.14 bits per heavy atom. The standard InChI is InChI=1S/C15H15ClF3NS/c1-8(2)14(20)13-4-3-12(21-13)9-5-10(15(17,18)19)7-11(16)6-9/h3-8,14H,20H2,1-2H3. The molecule has 0 saturated carbocycles. The summed E-state index contributed by atoms with van der Waals surface area (Å²) in [5.41, 5.74) is 5.78. The molecule has 6 heteroatoms. The van der Waals surface area contributed by atoms with E-state index in [1.54, 1.807) is 6.07 Å². The second-order valence-corrected chi connectivity index (χ2v) is 6.75. The second kappa shape index (κ2) is 5.99. The average molecular weight is 334 g/mol. The maximum Gasteiger partial charge on any atom is 0.416 e. The number of thiophene rings is 1. The third-order valence-corrected chi connectivity index (χ3v) is 4.64. The molecule has 0 amide bonds. The highest BCUT2D eigenvalue weighted by molar-refractivity contribution is 7.15. The zero-order valence-corrected chi connectivity index (χ0v) is 13.1. The van der Waals surface area contributed by atoms with Crippen LogP contribution in [0.15, 0.2) is 30.3 Å². The van der Waals surface area contributed by atoms with E-state index in [9.17, 15) is 13.2 Å². The largest absolute Gasteiger partial charge is 0.416 e. The van der Waals surface area contributed by atoms with Crippen LogP contribution in [0.2, 0.25) is 5.02 Å². The van der Waals surface area contributed by atoms with Crippen molar-refractivity contribution >= 4 is 22.9 Å². The van der Waals surface area contributed by atoms with E-state index in [-0.39, 0.29) is 17.0 Å². The van der Waals surface area contributed by atoms with Crippen molar-refractivity contribution in [2.75, 3.05) is 0 Å². The maximum atomic E-state index is 12.8. The van der Waals surface area contributed by atoms with Gasteiger partial charge in [-0.1, -0.05) is 25.4 Å². The van der Waals surface area contributed by atoms with Crippen molar-refractivity contribution in [3.05, 3.63) is 45.8 Å². The van der Waals surface area contributed by atoms with Crippen molar-refractivity contribution in [3.63, 3.8) is 0 Å². The Balaban J connectivity index is 2.41. The smallest absolute Gasteiger partial charge is 0.323 e. The number of alkyl halides is 3. The number of benzene rings is 1. The van der Waals surface area contributed by atoms with E-state index in [1.807, 2.05) is 19.9 Å². The molecule has 1 atom stereocenters. The molecule has 1 unspecified atom stereocenters. The number of nitrogens with two attached hydrogens (primary N) is 1. The van der Waals surface area contributed by atoms with E-state index >= 15 is 0 Å². The highest BCUT2D eigenvalue weighted by atomic mass is 35.5. The summed E-state index contributed by atoms with van der Waals surface area (Å²) in [5.74, 6) is 0.265. The Morgan fingerprint density at radius 3 is 2.38 bits per heavy atom. The van der Waals surface area contributed by atoms with Gasteiger partial charge in [0.25, 0.3) is 0 Å². The summed E-state index contributed by atoms with van der Waals surface area (Å²) in [4.78, 5) is 1.68. The fourth-order valence-electron chi connectivity index (χ4n) is 1.91. The Bertz CT molecular complexity index is 634. The first-order valence-electron chi connectivity index (χ1n) is 6.42. The lowest BCUT2D eigenvalue weighted by molar-refractivity contribution is -0.137. The van der Waals surface area contributed by atoms with Crippen LogP contribution in [0, 0.1) is 5.92 Å². The van der Waals surface area contributed by atoms with Crippen LogP contribution < -0.4 is 5.73 Å². The second-order valence-electron chi connectivity index (χ2n) is 5.20. The Labute approximate surface area is 130 Å². The Morgan fingerprint density at radius 2 is 1.81 bits per heavy atom. The summed E-state index contributed by atoms with van der Waals surface area (Å²) >= 11 is 7.21. The third-order valence-electron chi connectivity index (χ3n) is 3.18. The van der Waals surface area contributed by atoms with Gasteiger partial charge in [-0.15, -0.1) is 11.3 Å². The zero-order valence-electron chi connectivity index (χ0n) is 11.5. The van der Waals surface area contributed by atoms with Gasteiger partial charge >= 0.3 is 6.18 Å². The van der Waals surface area contributed by atoms with Crippen molar-refractivity contribution in [2.24, 2.45) is 11.7 Å². The molecule has 0 aliphatic heterocycles. The Kier molecular flexibility index (Phi) is 4.66. The van der Waals surface area contributed by atoms with Gasteiger partial charge in [-0.05, 0) is 41.8 Å². The maximum absolute atomic E-state index is 12.8. The number of halogens is 4. The lowest BCUT2D eigenvalue weighted by Gasteiger charge is -2.13. The number of rotatable bonds is 3. The molecule has 1 aromatic heterocycles. The third kappa shape index (κ3) is 3.78. The monoisotopic (exact) mass is 333 g/mol. The highest BCUT2D eigenvalue weighted by Gasteiger charge is 2.31. The minimum atomic E-state index is -4.41. The molecular weight excluding hydrogens is 319 g/mol. The van der Waals surface area contributed by atoms with E-state index in [0.29, 0.717) is 5.56 Å². The molecule has 21 heavy (non-hydrogen) atoms. The van der Waals surface area contributed by atoms with Gasteiger partial charge in [-0.3, -0.25) is 0 Å². The van der Waals surface area contributed by atoms with Gasteiger partial charge in [0.15, 0.2) is 0 Å². The molecule has 0 aliphatic carbocycles. The topological polar surface area (TPSA) is 26.0 Å². The summed E-state index contributed by atoms with van der Waals surface area (Å²) < 4.78 is 38.5. The molecule has 2 aromatic rings. The molecule has 0 spiro atoms. The first-order valence-corrected chi connectivity index (χ1v) is 7.61. The van der Waals surface area contributed by atoms with Gasteiger partial charge in [0, 0.05) is 20.8 Å². The molecule has 2 N–H and O–H groups in total. The molecule has 2 rings (SSSR count). The molecular formula is C15H15ClF3NS. The molecule has 1 nitrogen and oxygen atoms in total. The van der Waals surface area contributed by atoms with Crippen molar-refractivity contribution in [1.82, 2.24) is 0 Å². The SMILES string of the molecule is CC(C)C(N)c1ccc(-c2cc(Cl)cc(C(F)(F)F)c2)s1. The average Bonchev–Trinajstić information content (AvgIpc) is 2.85. The van der Waals surface area contributed by atoms with Gasteiger partial charge in [-0.25, -0.2) is 0 Å². The summed E-state index contributed by atoms with van der Waals surface area (Å²) in [6.45, 7) is 4.01. The van der Waals surface area contributed by atoms with Gasteiger partial charge in [0.2, 0.25) is 0 Å². The van der Waals surface area contributed by atoms with Crippen LogP contribution in [-0.2, 0) is 6.18 Å². The van der Waals surface area contributed by atoms with Crippen molar-refractivity contribution < 1.29 is 13.2 Å². The number of hydrogen-bond acceptors (Lipinski definition) is 2. The van der Waals surface area contributed by atoms with Gasteiger partial charge in [0.1, 0.15) is 0 Å². The van der Waals surface area contributed by atoms with Crippen LogP contribution in [-0.4, -0.2) is 0 Å². The molecule has 0 saturated heterocycles. The van der Waals surface area contributed by atoms with Crippen molar-refractivity contribution in [1.29, 1.82) is 0 Å². The zero-order chi connectivity index (χ0) is 15.8. The lowest BCUT2D eigenvalue weighted by atomic mass is 10.0. The molecule has 0 fully saturated rings. The normalized spacial score (nSPS) is 13.7. The van der Waals surface area contributed by atoms with Crippen LogP contribution in [0.3, 0.4) is 0 Å². The molecule has 0 aliphatic rings. The minimum absolute atomic E-state index is 0.0722. The summed E-state index contributed by atoms with van der Waals surface area (Å²) in [5, 5.41) is 0.0722. The molecule has 0 radical (unpaired) electrons. The van der Waals surface area contributed by atoms with Crippen LogP contribution in [0.4, 0.5) is 13.2 Å². The molecule has 1 heterocycles. The predicted octanol–water partition coefficient (Wildman–Crippen LogP) is 5.74. The first kappa shape index (κ1) is 16.3. The fraction of sp³-hybridized carbons (Fsp3) is 0.333. The van der Waals surface area contributed by atoms with Crippen LogP contribution in [0.5, 0.6) is 0 Å². The summed E-state index contributed by atoms with van der Waals surface area (Å²) in [6, 6.07) is 7.10. The quantitative estimate of drug-likeness (QED) is 0.761. The van der Waals surface area contributed by atoms with Gasteiger partial charge in [0.05, 0.1) is 5.56 Å². The first-order chi connectivity index (χ1) is 9.68. The highest BCUT2D eigenvalue weighted by Crippen LogP contribution is 2.38. The lowest BCUT2D eigenvalue weighted by Crippen LogP contribution is -2.14. The Hall–Kier alpha value is -1.04. The molecule has 0 bridgehead atoms. The summed E-state index contributed by atoms with van der Waals surface area (Å²) in [6.07, 6.45) is -4.41. The van der Waals surface area contributed by atoms with Crippen LogP contribution >= 0.6 is 22.9 Å². The predicted molar refractivity (Wildman–Crippen MR) is 81.5 cm³/mol. The van der Waals surface area contributed by atoms with Gasteiger partial charge in [-0.2, -0.15) is 13.2 Å². The molecule has 1 aromatic carbocycles. The minimum Gasteiger partial charge on any atom is -0.323 e. The fourth-order valence-corrected chi connectivity index (χ4v) is 3.32. The van der Waals surface area contributed by atoms with E-state index < -0.39 is 11.7 Å². The van der Waals surface area contributed by atoms with Crippen molar-refractivity contribution in [3.8, 4) is 10.4 Å². The van der Waals surface area contributed by atoms with Crippen molar-refractivity contribution in [2.45, 2.75) is 26.1 Å². The summed E-state index contributed by atoms with van der Waals surface area (Å²) in [7, 11) is 0. The van der Waals surface area contributed by atoms with E-state index in [2.05, 4.69) is 0 Å². The molecule has 114 valence electrons. The van der Waals surface area contributed by atoms with Crippen LogP contribution in [0.1, 0.15) is 30.3 Å². The van der Waals surface area contributed by atoms with E-state index in [4.69, 9.17) is 17.3 Å². The van der Waals surface area contributed by atoms with E-state index in [1.165, 1.54) is 17.4 Å². The number of hydrogen-bond donors (Lipinski definition) is 1. The van der Waals surface area contributed by atoms with E-state index in [0.717, 1.165) is 21.9 Å². The van der Waals surface area contributed by atoms with Crippen LogP contribution in [0.25, 0.3) is 10.4 Å².